The Hall–Kier alpha value is -1.76. The van der Waals surface area contributed by atoms with Crippen LogP contribution in [0.1, 0.15) is 17.3 Å². The average Bonchev–Trinajstić information content (AvgIpc) is 2.92. The van der Waals surface area contributed by atoms with Gasteiger partial charge < -0.3 is 15.0 Å². The molecule has 0 aliphatic heterocycles. The van der Waals surface area contributed by atoms with Crippen LogP contribution in [0.4, 0.5) is 0 Å². The van der Waals surface area contributed by atoms with Crippen LogP contribution < -0.4 is 5.73 Å². The maximum atomic E-state index is 5.63. The van der Waals surface area contributed by atoms with Crippen molar-refractivity contribution in [3.05, 3.63) is 47.6 Å². The van der Waals surface area contributed by atoms with Gasteiger partial charge in [0.15, 0.2) is 5.82 Å². The molecule has 108 valence electrons. The second-order valence-corrected chi connectivity index (χ2v) is 4.58. The van der Waals surface area contributed by atoms with Crippen LogP contribution in [0.25, 0.3) is 0 Å². The smallest absolute Gasteiger partial charge is 0.240 e. The van der Waals surface area contributed by atoms with E-state index in [9.17, 15) is 0 Å². The maximum Gasteiger partial charge on any atom is 0.240 e. The van der Waals surface area contributed by atoms with Crippen molar-refractivity contribution in [1.82, 2.24) is 15.0 Å². The van der Waals surface area contributed by atoms with Crippen LogP contribution in [0, 0.1) is 0 Å². The lowest BCUT2D eigenvalue weighted by Crippen LogP contribution is -2.23. The molecule has 0 aliphatic carbocycles. The molecule has 2 rings (SSSR count). The van der Waals surface area contributed by atoms with Crippen molar-refractivity contribution in [1.29, 1.82) is 0 Å². The molecule has 6 heteroatoms. The summed E-state index contributed by atoms with van der Waals surface area (Å²) in [6.07, 6.45) is 0. The summed E-state index contributed by atoms with van der Waals surface area (Å²) >= 11 is 0. The highest BCUT2D eigenvalue weighted by molar-refractivity contribution is 5.13. The fraction of sp³-hybridized carbons (Fsp3) is 0.429. The molecule has 2 N–H and O–H groups in total. The number of hydrogen-bond acceptors (Lipinski definition) is 6. The molecule has 0 fully saturated rings. The third-order valence-corrected chi connectivity index (χ3v) is 2.83. The van der Waals surface area contributed by atoms with E-state index in [1.807, 2.05) is 25.2 Å². The molecule has 0 bridgehead atoms. The van der Waals surface area contributed by atoms with Crippen LogP contribution in [-0.2, 0) is 24.4 Å². The minimum atomic E-state index is 0.275. The van der Waals surface area contributed by atoms with Crippen LogP contribution >= 0.6 is 0 Å². The molecule has 1 aromatic carbocycles. The molecule has 1 aromatic heterocycles. The Morgan fingerprint density at radius 2 is 2.10 bits per heavy atom. The second-order valence-electron chi connectivity index (χ2n) is 4.58. The minimum absolute atomic E-state index is 0.275. The molecule has 1 heterocycles. The molecule has 0 aliphatic rings. The first-order chi connectivity index (χ1) is 9.78. The molecular weight excluding hydrogens is 256 g/mol. The van der Waals surface area contributed by atoms with Gasteiger partial charge in [-0.05, 0) is 12.6 Å². The Kier molecular flexibility index (Phi) is 5.67. The van der Waals surface area contributed by atoms with Crippen molar-refractivity contribution >= 4 is 0 Å². The molecule has 0 atom stereocenters. The lowest BCUT2D eigenvalue weighted by molar-refractivity contribution is 0.0972. The largest absolute Gasteiger partial charge is 0.375 e. The van der Waals surface area contributed by atoms with Crippen molar-refractivity contribution in [3.8, 4) is 0 Å². The van der Waals surface area contributed by atoms with E-state index < -0.39 is 0 Å². The fourth-order valence-electron chi connectivity index (χ4n) is 1.74. The van der Waals surface area contributed by atoms with E-state index >= 15 is 0 Å². The van der Waals surface area contributed by atoms with Crippen molar-refractivity contribution in [2.75, 3.05) is 20.2 Å². The summed E-state index contributed by atoms with van der Waals surface area (Å²) < 4.78 is 10.6. The summed E-state index contributed by atoms with van der Waals surface area (Å²) in [7, 11) is 1.99. The number of hydrogen-bond donors (Lipinski definition) is 1. The summed E-state index contributed by atoms with van der Waals surface area (Å²) in [5.41, 5.74) is 6.60. The molecule has 0 unspecified atom stereocenters. The van der Waals surface area contributed by atoms with Crippen molar-refractivity contribution in [2.45, 2.75) is 19.7 Å². The lowest BCUT2D eigenvalue weighted by Gasteiger charge is -2.14. The first kappa shape index (κ1) is 14.6. The van der Waals surface area contributed by atoms with Gasteiger partial charge in [0, 0.05) is 6.54 Å². The Bertz CT molecular complexity index is 501. The highest BCUT2D eigenvalue weighted by Gasteiger charge is 2.07. The summed E-state index contributed by atoms with van der Waals surface area (Å²) in [4.78, 5) is 6.24. The summed E-state index contributed by atoms with van der Waals surface area (Å²) in [6, 6.07) is 10.1. The van der Waals surface area contributed by atoms with E-state index in [1.54, 1.807) is 0 Å². The monoisotopic (exact) mass is 276 g/mol. The molecule has 20 heavy (non-hydrogen) atoms. The molecule has 0 amide bonds. The van der Waals surface area contributed by atoms with E-state index in [-0.39, 0.29) is 6.54 Å². The van der Waals surface area contributed by atoms with Crippen LogP contribution in [0.2, 0.25) is 0 Å². The summed E-state index contributed by atoms with van der Waals surface area (Å²) in [5, 5.41) is 3.85. The zero-order valence-corrected chi connectivity index (χ0v) is 11.7. The number of nitrogens with zero attached hydrogens (tertiary/aromatic N) is 3. The van der Waals surface area contributed by atoms with Crippen molar-refractivity contribution in [3.63, 3.8) is 0 Å². The minimum Gasteiger partial charge on any atom is -0.375 e. The van der Waals surface area contributed by atoms with E-state index in [4.69, 9.17) is 15.0 Å². The van der Waals surface area contributed by atoms with Gasteiger partial charge in [-0.1, -0.05) is 35.5 Å². The van der Waals surface area contributed by atoms with Crippen molar-refractivity contribution in [2.24, 2.45) is 5.73 Å². The Labute approximate surface area is 118 Å². The van der Waals surface area contributed by atoms with Gasteiger partial charge in [-0.15, -0.1) is 0 Å². The third-order valence-electron chi connectivity index (χ3n) is 2.83. The van der Waals surface area contributed by atoms with Crippen molar-refractivity contribution < 1.29 is 9.26 Å². The van der Waals surface area contributed by atoms with Crippen LogP contribution in [0.3, 0.4) is 0 Å². The van der Waals surface area contributed by atoms with Crippen LogP contribution in [-0.4, -0.2) is 35.2 Å². The highest BCUT2D eigenvalue weighted by atomic mass is 16.5. The lowest BCUT2D eigenvalue weighted by atomic mass is 10.2. The van der Waals surface area contributed by atoms with E-state index in [2.05, 4.69) is 27.2 Å². The Morgan fingerprint density at radius 1 is 1.30 bits per heavy atom. The zero-order chi connectivity index (χ0) is 14.2. The second kappa shape index (κ2) is 7.74. The van der Waals surface area contributed by atoms with Gasteiger partial charge in [0.25, 0.3) is 0 Å². The molecular formula is C14H20N4O2. The molecule has 2 aromatic rings. The van der Waals surface area contributed by atoms with Gasteiger partial charge in [0.1, 0.15) is 0 Å². The number of rotatable bonds is 8. The van der Waals surface area contributed by atoms with Crippen LogP contribution in [0.15, 0.2) is 34.9 Å². The predicted octanol–water partition coefficient (Wildman–Crippen LogP) is 1.18. The van der Waals surface area contributed by atoms with Crippen LogP contribution in [0.5, 0.6) is 0 Å². The molecule has 0 saturated heterocycles. The molecule has 0 saturated carbocycles. The van der Waals surface area contributed by atoms with Gasteiger partial charge in [-0.3, -0.25) is 4.90 Å². The SMILES string of the molecule is CN(CCOCc1ccccc1)Cc1noc(CN)n1. The van der Waals surface area contributed by atoms with Gasteiger partial charge >= 0.3 is 0 Å². The number of nitrogens with two attached hydrogens (primary N) is 1. The maximum absolute atomic E-state index is 5.63. The Morgan fingerprint density at radius 3 is 2.80 bits per heavy atom. The molecule has 6 nitrogen and oxygen atoms in total. The number of aromatic nitrogens is 2. The van der Waals surface area contributed by atoms with Gasteiger partial charge in [-0.2, -0.15) is 4.98 Å². The normalized spacial score (nSPS) is 11.2. The predicted molar refractivity (Wildman–Crippen MR) is 74.6 cm³/mol. The third kappa shape index (κ3) is 4.73. The van der Waals surface area contributed by atoms with Gasteiger partial charge in [0.2, 0.25) is 5.89 Å². The van der Waals surface area contributed by atoms with Gasteiger partial charge in [-0.25, -0.2) is 0 Å². The van der Waals surface area contributed by atoms with E-state index in [0.29, 0.717) is 31.5 Å². The molecule has 0 spiro atoms. The topological polar surface area (TPSA) is 77.4 Å². The fourth-order valence-corrected chi connectivity index (χ4v) is 1.74. The first-order valence-corrected chi connectivity index (χ1v) is 6.59. The average molecular weight is 276 g/mol. The van der Waals surface area contributed by atoms with E-state index in [1.165, 1.54) is 5.56 Å². The standard InChI is InChI=1S/C14H20N4O2/c1-18(10-13-16-14(9-15)20-17-13)7-8-19-11-12-5-3-2-4-6-12/h2-6H,7-11,15H2,1H3. The van der Waals surface area contributed by atoms with Gasteiger partial charge in [0.05, 0.1) is 26.3 Å². The summed E-state index contributed by atoms with van der Waals surface area (Å²) in [5.74, 6) is 1.12. The quantitative estimate of drug-likeness (QED) is 0.729. The highest BCUT2D eigenvalue weighted by Crippen LogP contribution is 2.02. The van der Waals surface area contributed by atoms with E-state index in [0.717, 1.165) is 6.54 Å². The summed E-state index contributed by atoms with van der Waals surface area (Å²) in [6.45, 7) is 3.00. The Balaban J connectivity index is 1.64. The zero-order valence-electron chi connectivity index (χ0n) is 11.7. The number of likely N-dealkylation sites (N-methyl/N-ethyl adjacent to an activating group) is 1. The number of ether oxygens (including phenoxy) is 1. The molecule has 0 radical (unpaired) electrons. The number of benzene rings is 1. The first-order valence-electron chi connectivity index (χ1n) is 6.59.